The van der Waals surface area contributed by atoms with Gasteiger partial charge in [0.25, 0.3) is 0 Å². The van der Waals surface area contributed by atoms with E-state index < -0.39 is 5.60 Å². The first-order valence-electron chi connectivity index (χ1n) is 6.91. The SMILES string of the molecule is CC(C)(C)OC(=O)CCC(=O)N1Cc2ccccc2C1. The highest BCUT2D eigenvalue weighted by Gasteiger charge is 2.24. The molecule has 0 aliphatic carbocycles. The summed E-state index contributed by atoms with van der Waals surface area (Å²) in [5.41, 5.74) is 1.89. The summed E-state index contributed by atoms with van der Waals surface area (Å²) in [5, 5.41) is 0. The Labute approximate surface area is 119 Å². The van der Waals surface area contributed by atoms with E-state index in [0.717, 1.165) is 0 Å². The molecule has 0 bridgehead atoms. The van der Waals surface area contributed by atoms with Crippen LogP contribution in [0.2, 0.25) is 0 Å². The van der Waals surface area contributed by atoms with Gasteiger partial charge in [0.1, 0.15) is 5.60 Å². The Morgan fingerprint density at radius 3 is 2.15 bits per heavy atom. The standard InChI is InChI=1S/C16H21NO3/c1-16(2,3)20-15(19)9-8-14(18)17-10-12-6-4-5-7-13(12)11-17/h4-7H,8-11H2,1-3H3. The third kappa shape index (κ3) is 3.83. The molecule has 0 aromatic heterocycles. The van der Waals surface area contributed by atoms with Gasteiger partial charge in [-0.25, -0.2) is 0 Å². The molecule has 1 heterocycles. The number of amides is 1. The van der Waals surface area contributed by atoms with Gasteiger partial charge in [-0.15, -0.1) is 0 Å². The van der Waals surface area contributed by atoms with E-state index in [4.69, 9.17) is 4.74 Å². The molecule has 0 atom stereocenters. The minimum absolute atomic E-state index is 0.00654. The van der Waals surface area contributed by atoms with Crippen molar-refractivity contribution in [1.82, 2.24) is 4.90 Å². The Morgan fingerprint density at radius 1 is 1.10 bits per heavy atom. The van der Waals surface area contributed by atoms with Crippen molar-refractivity contribution in [2.24, 2.45) is 0 Å². The zero-order chi connectivity index (χ0) is 14.8. The van der Waals surface area contributed by atoms with Gasteiger partial charge < -0.3 is 9.64 Å². The molecule has 0 unspecified atom stereocenters. The van der Waals surface area contributed by atoms with Crippen LogP contribution in [0.15, 0.2) is 24.3 Å². The quantitative estimate of drug-likeness (QED) is 0.797. The van der Waals surface area contributed by atoms with Gasteiger partial charge in [-0.3, -0.25) is 9.59 Å². The van der Waals surface area contributed by atoms with Crippen LogP contribution in [0.25, 0.3) is 0 Å². The van der Waals surface area contributed by atoms with Gasteiger partial charge in [0.05, 0.1) is 6.42 Å². The van der Waals surface area contributed by atoms with E-state index in [9.17, 15) is 9.59 Å². The number of benzene rings is 1. The van der Waals surface area contributed by atoms with E-state index in [1.165, 1.54) is 11.1 Å². The number of esters is 1. The van der Waals surface area contributed by atoms with E-state index in [-0.39, 0.29) is 24.7 Å². The fraction of sp³-hybridized carbons (Fsp3) is 0.500. The topological polar surface area (TPSA) is 46.6 Å². The molecule has 1 aromatic rings. The van der Waals surface area contributed by atoms with Crippen molar-refractivity contribution in [3.8, 4) is 0 Å². The molecule has 0 fully saturated rings. The minimum atomic E-state index is -0.496. The van der Waals surface area contributed by atoms with E-state index in [1.54, 1.807) is 4.90 Å². The first-order valence-corrected chi connectivity index (χ1v) is 6.91. The molecule has 0 saturated carbocycles. The summed E-state index contributed by atoms with van der Waals surface area (Å²) in [6, 6.07) is 8.04. The van der Waals surface area contributed by atoms with Gasteiger partial charge in [-0.1, -0.05) is 24.3 Å². The fourth-order valence-corrected chi connectivity index (χ4v) is 2.27. The van der Waals surface area contributed by atoms with Crippen LogP contribution in [0.4, 0.5) is 0 Å². The summed E-state index contributed by atoms with van der Waals surface area (Å²) in [6.45, 7) is 6.75. The largest absolute Gasteiger partial charge is 0.460 e. The van der Waals surface area contributed by atoms with Crippen LogP contribution in [0.3, 0.4) is 0 Å². The number of hydrogen-bond acceptors (Lipinski definition) is 3. The Balaban J connectivity index is 1.81. The highest BCUT2D eigenvalue weighted by Crippen LogP contribution is 2.23. The second-order valence-electron chi connectivity index (χ2n) is 6.10. The van der Waals surface area contributed by atoms with Crippen LogP contribution in [0.1, 0.15) is 44.7 Å². The van der Waals surface area contributed by atoms with Gasteiger partial charge in [0, 0.05) is 19.5 Å². The zero-order valence-corrected chi connectivity index (χ0v) is 12.3. The van der Waals surface area contributed by atoms with Crippen LogP contribution in [-0.2, 0) is 27.4 Å². The lowest BCUT2D eigenvalue weighted by atomic mass is 10.1. The maximum atomic E-state index is 12.1. The summed E-state index contributed by atoms with van der Waals surface area (Å²) < 4.78 is 5.20. The van der Waals surface area contributed by atoms with Crippen molar-refractivity contribution in [2.75, 3.05) is 0 Å². The predicted octanol–water partition coefficient (Wildman–Crippen LogP) is 2.65. The molecule has 0 N–H and O–H groups in total. The molecule has 1 amide bonds. The first kappa shape index (κ1) is 14.6. The summed E-state index contributed by atoms with van der Waals surface area (Å²) in [6.07, 6.45) is 0.353. The van der Waals surface area contributed by atoms with Crippen molar-refractivity contribution in [3.63, 3.8) is 0 Å². The average Bonchev–Trinajstić information content (AvgIpc) is 2.77. The molecule has 1 aromatic carbocycles. The molecule has 108 valence electrons. The molecule has 0 spiro atoms. The second-order valence-corrected chi connectivity index (χ2v) is 6.10. The van der Waals surface area contributed by atoms with Gasteiger partial charge in [0.15, 0.2) is 0 Å². The number of fused-ring (bicyclic) bond motifs is 1. The van der Waals surface area contributed by atoms with Crippen LogP contribution >= 0.6 is 0 Å². The molecule has 1 aliphatic heterocycles. The van der Waals surface area contributed by atoms with Gasteiger partial charge in [-0.05, 0) is 31.9 Å². The Bertz CT molecular complexity index is 492. The average molecular weight is 275 g/mol. The minimum Gasteiger partial charge on any atom is -0.460 e. The van der Waals surface area contributed by atoms with Gasteiger partial charge in [-0.2, -0.15) is 0 Å². The highest BCUT2D eigenvalue weighted by atomic mass is 16.6. The summed E-state index contributed by atoms with van der Waals surface area (Å²) in [5.74, 6) is -0.311. The summed E-state index contributed by atoms with van der Waals surface area (Å²) in [4.78, 5) is 25.5. The summed E-state index contributed by atoms with van der Waals surface area (Å²) in [7, 11) is 0. The van der Waals surface area contributed by atoms with Crippen LogP contribution < -0.4 is 0 Å². The van der Waals surface area contributed by atoms with E-state index >= 15 is 0 Å². The molecular formula is C16H21NO3. The Kier molecular flexibility index (Phi) is 4.12. The molecule has 0 saturated heterocycles. The third-order valence-electron chi connectivity index (χ3n) is 3.16. The van der Waals surface area contributed by atoms with Gasteiger partial charge in [0.2, 0.25) is 5.91 Å². The van der Waals surface area contributed by atoms with Crippen molar-refractivity contribution < 1.29 is 14.3 Å². The van der Waals surface area contributed by atoms with E-state index in [0.29, 0.717) is 13.1 Å². The smallest absolute Gasteiger partial charge is 0.306 e. The maximum Gasteiger partial charge on any atom is 0.306 e. The molecular weight excluding hydrogens is 254 g/mol. The molecule has 20 heavy (non-hydrogen) atoms. The van der Waals surface area contributed by atoms with E-state index in [1.807, 2.05) is 45.0 Å². The normalized spacial score (nSPS) is 14.1. The van der Waals surface area contributed by atoms with Crippen molar-refractivity contribution in [3.05, 3.63) is 35.4 Å². The second kappa shape index (κ2) is 5.65. The number of ether oxygens (including phenoxy) is 1. The molecule has 0 radical (unpaired) electrons. The van der Waals surface area contributed by atoms with E-state index in [2.05, 4.69) is 0 Å². The number of carbonyl (C=O) groups is 2. The van der Waals surface area contributed by atoms with Crippen LogP contribution in [-0.4, -0.2) is 22.4 Å². The molecule has 4 nitrogen and oxygen atoms in total. The molecule has 4 heteroatoms. The Morgan fingerprint density at radius 2 is 1.65 bits per heavy atom. The lowest BCUT2D eigenvalue weighted by Crippen LogP contribution is -2.28. The lowest BCUT2D eigenvalue weighted by Gasteiger charge is -2.20. The monoisotopic (exact) mass is 275 g/mol. The number of carbonyl (C=O) groups excluding carboxylic acids is 2. The maximum absolute atomic E-state index is 12.1. The van der Waals surface area contributed by atoms with Crippen molar-refractivity contribution in [1.29, 1.82) is 0 Å². The Hall–Kier alpha value is -1.84. The molecule has 2 rings (SSSR count). The number of nitrogens with zero attached hydrogens (tertiary/aromatic N) is 1. The number of rotatable bonds is 3. The predicted molar refractivity (Wildman–Crippen MR) is 75.8 cm³/mol. The van der Waals surface area contributed by atoms with Gasteiger partial charge >= 0.3 is 5.97 Å². The lowest BCUT2D eigenvalue weighted by molar-refractivity contribution is -0.156. The van der Waals surface area contributed by atoms with Crippen molar-refractivity contribution >= 4 is 11.9 Å². The first-order chi connectivity index (χ1) is 9.35. The third-order valence-corrected chi connectivity index (χ3v) is 3.16. The zero-order valence-electron chi connectivity index (χ0n) is 12.3. The highest BCUT2D eigenvalue weighted by molar-refractivity contribution is 5.82. The van der Waals surface area contributed by atoms with Crippen molar-refractivity contribution in [2.45, 2.75) is 52.3 Å². The molecule has 1 aliphatic rings. The summed E-state index contributed by atoms with van der Waals surface area (Å²) >= 11 is 0. The number of hydrogen-bond donors (Lipinski definition) is 0. The fourth-order valence-electron chi connectivity index (χ4n) is 2.27. The van der Waals surface area contributed by atoms with Crippen LogP contribution in [0, 0.1) is 0 Å². The van der Waals surface area contributed by atoms with Crippen LogP contribution in [0.5, 0.6) is 0 Å².